The minimum Gasteiger partial charge on any atom is -0.489 e. The zero-order valence-electron chi connectivity index (χ0n) is 14.3. The molecule has 0 aliphatic heterocycles. The second-order valence-corrected chi connectivity index (χ2v) is 5.95. The first-order chi connectivity index (χ1) is 11.5. The fourth-order valence-electron chi connectivity index (χ4n) is 2.17. The lowest BCUT2D eigenvalue weighted by Crippen LogP contribution is -2.41. The fourth-order valence-corrected chi connectivity index (χ4v) is 2.17. The van der Waals surface area contributed by atoms with E-state index < -0.39 is 0 Å². The number of rotatable bonds is 7. The minimum atomic E-state index is -0.266. The van der Waals surface area contributed by atoms with Gasteiger partial charge >= 0.3 is 0 Å². The molecule has 2 aromatic carbocycles. The molecule has 4 nitrogen and oxygen atoms in total. The molecule has 24 heavy (non-hydrogen) atoms. The highest BCUT2D eigenvalue weighted by Crippen LogP contribution is 2.15. The van der Waals surface area contributed by atoms with E-state index in [4.69, 9.17) is 4.74 Å². The third-order valence-corrected chi connectivity index (χ3v) is 3.56. The van der Waals surface area contributed by atoms with Crippen LogP contribution in [0.2, 0.25) is 0 Å². The maximum absolute atomic E-state index is 13.1. The van der Waals surface area contributed by atoms with Crippen LogP contribution < -0.4 is 10.2 Å². The number of hydrazine groups is 1. The zero-order chi connectivity index (χ0) is 17.5. The molecule has 0 bridgehead atoms. The molecule has 0 aliphatic carbocycles. The molecule has 0 atom stereocenters. The third kappa shape index (κ3) is 5.35. The van der Waals surface area contributed by atoms with Gasteiger partial charge in [-0.15, -0.1) is 0 Å². The summed E-state index contributed by atoms with van der Waals surface area (Å²) < 4.78 is 18.8. The Morgan fingerprint density at radius 2 is 1.88 bits per heavy atom. The molecule has 0 spiro atoms. The summed E-state index contributed by atoms with van der Waals surface area (Å²) in [5.41, 5.74) is 4.89. The molecule has 0 heterocycles. The topological polar surface area (TPSA) is 41.6 Å². The monoisotopic (exact) mass is 330 g/mol. The summed E-state index contributed by atoms with van der Waals surface area (Å²) in [5, 5.41) is 1.51. The van der Waals surface area contributed by atoms with Crippen LogP contribution in [0.1, 0.15) is 25.0 Å². The third-order valence-electron chi connectivity index (χ3n) is 3.56. The number of hydrogen-bond acceptors (Lipinski definition) is 3. The Morgan fingerprint density at radius 3 is 2.50 bits per heavy atom. The van der Waals surface area contributed by atoms with E-state index >= 15 is 0 Å². The van der Waals surface area contributed by atoms with Crippen molar-refractivity contribution in [3.05, 3.63) is 65.5 Å². The first kappa shape index (κ1) is 17.9. The molecule has 128 valence electrons. The number of carbonyl (C=O) groups is 1. The average Bonchev–Trinajstić information content (AvgIpc) is 2.58. The number of amides is 1. The van der Waals surface area contributed by atoms with E-state index in [0.29, 0.717) is 13.2 Å². The number of benzene rings is 2. The van der Waals surface area contributed by atoms with E-state index in [2.05, 4.69) is 5.43 Å². The first-order valence-electron chi connectivity index (χ1n) is 7.93. The number of nitrogens with one attached hydrogen (secondary N) is 1. The molecular weight excluding hydrogens is 307 g/mol. The van der Waals surface area contributed by atoms with Crippen molar-refractivity contribution in [3.63, 3.8) is 0 Å². The highest BCUT2D eigenvalue weighted by Gasteiger charge is 2.12. The van der Waals surface area contributed by atoms with Crippen LogP contribution in [0.25, 0.3) is 0 Å². The molecule has 0 fully saturated rings. The van der Waals surface area contributed by atoms with E-state index in [9.17, 15) is 9.18 Å². The number of carbonyl (C=O) groups excluding carboxylic acids is 1. The van der Waals surface area contributed by atoms with Crippen LogP contribution in [0.3, 0.4) is 0 Å². The summed E-state index contributed by atoms with van der Waals surface area (Å²) in [6.45, 7) is 4.61. The molecule has 0 radical (unpaired) electrons. The number of halogens is 1. The van der Waals surface area contributed by atoms with Crippen molar-refractivity contribution in [1.29, 1.82) is 0 Å². The lowest BCUT2D eigenvalue weighted by molar-refractivity contribution is -0.136. The smallest absolute Gasteiger partial charge is 0.238 e. The van der Waals surface area contributed by atoms with Gasteiger partial charge in [0.1, 0.15) is 18.2 Å². The van der Waals surface area contributed by atoms with E-state index in [1.807, 2.05) is 44.2 Å². The Morgan fingerprint density at radius 1 is 1.17 bits per heavy atom. The maximum Gasteiger partial charge on any atom is 0.238 e. The highest BCUT2D eigenvalue weighted by atomic mass is 19.1. The highest BCUT2D eigenvalue weighted by molar-refractivity contribution is 5.77. The lowest BCUT2D eigenvalue weighted by Gasteiger charge is -2.20. The van der Waals surface area contributed by atoms with Gasteiger partial charge in [-0.05, 0) is 35.4 Å². The van der Waals surface area contributed by atoms with Gasteiger partial charge in [-0.2, -0.15) is 0 Å². The first-order valence-corrected chi connectivity index (χ1v) is 7.93. The van der Waals surface area contributed by atoms with Crippen molar-refractivity contribution in [2.24, 2.45) is 5.92 Å². The Balaban J connectivity index is 1.83. The van der Waals surface area contributed by atoms with Gasteiger partial charge in [0.2, 0.25) is 5.91 Å². The second kappa shape index (κ2) is 8.45. The summed E-state index contributed by atoms with van der Waals surface area (Å²) >= 11 is 0. The van der Waals surface area contributed by atoms with Gasteiger partial charge in [0.05, 0.1) is 0 Å². The quantitative estimate of drug-likeness (QED) is 0.790. The van der Waals surface area contributed by atoms with Crippen LogP contribution >= 0.6 is 0 Å². The molecule has 0 saturated heterocycles. The minimum absolute atomic E-state index is 0.0406. The van der Waals surface area contributed by atoms with Crippen LogP contribution in [0.5, 0.6) is 5.75 Å². The van der Waals surface area contributed by atoms with Crippen molar-refractivity contribution in [2.45, 2.75) is 27.0 Å². The molecule has 2 rings (SSSR count). The summed E-state index contributed by atoms with van der Waals surface area (Å²) in [6.07, 6.45) is 0. The van der Waals surface area contributed by atoms with E-state index in [-0.39, 0.29) is 17.6 Å². The fraction of sp³-hybridized carbons (Fsp3) is 0.316. The van der Waals surface area contributed by atoms with Crippen molar-refractivity contribution in [1.82, 2.24) is 10.4 Å². The van der Waals surface area contributed by atoms with Crippen LogP contribution in [0, 0.1) is 11.7 Å². The van der Waals surface area contributed by atoms with Crippen LogP contribution in [0.15, 0.2) is 48.5 Å². The molecule has 2 aromatic rings. The molecule has 0 aromatic heterocycles. The van der Waals surface area contributed by atoms with Crippen molar-refractivity contribution >= 4 is 5.91 Å². The van der Waals surface area contributed by atoms with Gasteiger partial charge in [0.15, 0.2) is 0 Å². The Hall–Kier alpha value is -2.40. The molecule has 0 unspecified atom stereocenters. The molecule has 1 amide bonds. The van der Waals surface area contributed by atoms with E-state index in [0.717, 1.165) is 16.9 Å². The number of nitrogens with zero attached hydrogens (tertiary/aromatic N) is 1. The van der Waals surface area contributed by atoms with Crippen molar-refractivity contribution in [3.8, 4) is 5.75 Å². The van der Waals surface area contributed by atoms with Gasteiger partial charge in [-0.25, -0.2) is 9.82 Å². The lowest BCUT2D eigenvalue weighted by atomic mass is 10.2. The molecule has 0 saturated carbocycles. The molecule has 1 N–H and O–H groups in total. The van der Waals surface area contributed by atoms with Crippen molar-refractivity contribution in [2.75, 3.05) is 7.05 Å². The Bertz CT molecular complexity index is 671. The zero-order valence-corrected chi connectivity index (χ0v) is 14.3. The van der Waals surface area contributed by atoms with Gasteiger partial charge in [-0.3, -0.25) is 9.80 Å². The molecule has 5 heteroatoms. The van der Waals surface area contributed by atoms with Crippen LogP contribution in [-0.2, 0) is 17.9 Å². The van der Waals surface area contributed by atoms with Crippen LogP contribution in [-0.4, -0.2) is 18.0 Å². The van der Waals surface area contributed by atoms with Gasteiger partial charge in [0.25, 0.3) is 0 Å². The van der Waals surface area contributed by atoms with Gasteiger partial charge in [-0.1, -0.05) is 38.1 Å². The number of hydrogen-bond donors (Lipinski definition) is 1. The maximum atomic E-state index is 13.1. The average molecular weight is 330 g/mol. The Kier molecular flexibility index (Phi) is 6.32. The standard InChI is InChI=1S/C19H23FN2O2/c1-14(2)19(23)22(3)21-12-15-7-9-18(10-8-15)24-13-16-5-4-6-17(20)11-16/h4-11,14,21H,12-13H2,1-3H3. The van der Waals surface area contributed by atoms with E-state index in [1.54, 1.807) is 13.1 Å². The summed E-state index contributed by atoms with van der Waals surface area (Å²) in [6, 6.07) is 13.9. The van der Waals surface area contributed by atoms with Crippen molar-refractivity contribution < 1.29 is 13.9 Å². The summed E-state index contributed by atoms with van der Waals surface area (Å²) in [7, 11) is 1.72. The second-order valence-electron chi connectivity index (χ2n) is 5.95. The largest absolute Gasteiger partial charge is 0.489 e. The SMILES string of the molecule is CC(C)C(=O)N(C)NCc1ccc(OCc2cccc(F)c2)cc1. The number of ether oxygens (including phenoxy) is 1. The van der Waals surface area contributed by atoms with Gasteiger partial charge in [0, 0.05) is 19.5 Å². The summed E-state index contributed by atoms with van der Waals surface area (Å²) in [5.74, 6) is 0.457. The molecule has 0 aliphatic rings. The summed E-state index contributed by atoms with van der Waals surface area (Å²) in [4.78, 5) is 11.8. The Labute approximate surface area is 142 Å². The van der Waals surface area contributed by atoms with Gasteiger partial charge < -0.3 is 4.74 Å². The molecular formula is C19H23FN2O2. The predicted molar refractivity (Wildman–Crippen MR) is 91.6 cm³/mol. The predicted octanol–water partition coefficient (Wildman–Crippen LogP) is 3.52. The normalized spacial score (nSPS) is 10.7. The van der Waals surface area contributed by atoms with E-state index in [1.165, 1.54) is 17.1 Å². The van der Waals surface area contributed by atoms with Crippen LogP contribution in [0.4, 0.5) is 4.39 Å².